The normalized spacial score (nSPS) is 46.0. The fourth-order valence-electron chi connectivity index (χ4n) is 7.96. The van der Waals surface area contributed by atoms with Crippen molar-refractivity contribution < 1.29 is 19.1 Å². The van der Waals surface area contributed by atoms with Crippen molar-refractivity contribution in [3.63, 3.8) is 0 Å². The molecule has 0 aromatic carbocycles. The number of carbonyl (C=O) groups is 3. The summed E-state index contributed by atoms with van der Waals surface area (Å²) in [5.74, 6) is 0.0371. The van der Waals surface area contributed by atoms with E-state index in [0.717, 1.165) is 37.0 Å². The van der Waals surface area contributed by atoms with Crippen molar-refractivity contribution in [3.05, 3.63) is 48.3 Å². The molecule has 3 aliphatic heterocycles. The van der Waals surface area contributed by atoms with Crippen LogP contribution in [-0.4, -0.2) is 23.7 Å². The first-order valence-electron chi connectivity index (χ1n) is 12.7. The zero-order valence-corrected chi connectivity index (χ0v) is 19.2. The topological polar surface area (TPSA) is 72.5 Å². The highest BCUT2D eigenvalue weighted by Crippen LogP contribution is 2.58. The molecule has 1 N–H and O–H groups in total. The van der Waals surface area contributed by atoms with Crippen LogP contribution in [-0.2, 0) is 19.1 Å². The van der Waals surface area contributed by atoms with E-state index in [9.17, 15) is 14.4 Å². The summed E-state index contributed by atoms with van der Waals surface area (Å²) in [5.41, 5.74) is 1.12. The highest BCUT2D eigenvalue weighted by molar-refractivity contribution is 6.16. The second kappa shape index (κ2) is 7.82. The lowest BCUT2D eigenvalue weighted by Crippen LogP contribution is -2.45. The van der Waals surface area contributed by atoms with Crippen LogP contribution in [0.5, 0.6) is 0 Å². The predicted octanol–water partition coefficient (Wildman–Crippen LogP) is 4.12. The van der Waals surface area contributed by atoms with Gasteiger partial charge in [0.15, 0.2) is 5.78 Å². The van der Waals surface area contributed by atoms with E-state index < -0.39 is 17.7 Å². The maximum Gasteiger partial charge on any atom is 0.237 e. The zero-order valence-electron chi connectivity index (χ0n) is 19.2. The van der Waals surface area contributed by atoms with E-state index in [0.29, 0.717) is 24.2 Å². The molecule has 0 unspecified atom stereocenters. The van der Waals surface area contributed by atoms with E-state index in [2.05, 4.69) is 43.1 Å². The molecule has 5 heteroatoms. The summed E-state index contributed by atoms with van der Waals surface area (Å²) in [6.07, 6.45) is 15.9. The Labute approximate surface area is 195 Å². The molecule has 0 spiro atoms. The Morgan fingerprint density at radius 2 is 1.91 bits per heavy atom. The first kappa shape index (κ1) is 21.1. The average Bonchev–Trinajstić information content (AvgIpc) is 3.25. The van der Waals surface area contributed by atoms with Gasteiger partial charge in [0.2, 0.25) is 11.8 Å². The Morgan fingerprint density at radius 3 is 2.67 bits per heavy atom. The van der Waals surface area contributed by atoms with Gasteiger partial charge in [0.05, 0.1) is 11.7 Å². The molecule has 174 valence electrons. The third-order valence-electron chi connectivity index (χ3n) is 9.48. The van der Waals surface area contributed by atoms with Gasteiger partial charge in [0.1, 0.15) is 12.0 Å². The van der Waals surface area contributed by atoms with E-state index in [-0.39, 0.29) is 41.5 Å². The second-order valence-corrected chi connectivity index (χ2v) is 11.2. The fourth-order valence-corrected chi connectivity index (χ4v) is 7.96. The van der Waals surface area contributed by atoms with Crippen molar-refractivity contribution >= 4 is 17.6 Å². The van der Waals surface area contributed by atoms with Crippen LogP contribution < -0.4 is 5.32 Å². The number of carbonyl (C=O) groups excluding carboxylic acids is 3. The molecule has 0 aromatic rings. The Balaban J connectivity index is 1.50. The van der Waals surface area contributed by atoms with Gasteiger partial charge in [0, 0.05) is 24.2 Å². The summed E-state index contributed by atoms with van der Waals surface area (Å²) in [4.78, 5) is 39.9. The number of imide groups is 1. The number of hydrogen-bond donors (Lipinski definition) is 1. The summed E-state index contributed by atoms with van der Waals surface area (Å²) >= 11 is 0. The van der Waals surface area contributed by atoms with Crippen molar-refractivity contribution in [1.29, 1.82) is 0 Å². The Kier molecular flexibility index (Phi) is 5.00. The maximum atomic E-state index is 14.2. The van der Waals surface area contributed by atoms with Crippen LogP contribution in [0, 0.1) is 53.3 Å². The lowest BCUT2D eigenvalue weighted by Gasteiger charge is -2.40. The molecule has 3 heterocycles. The summed E-state index contributed by atoms with van der Waals surface area (Å²) in [6.45, 7) is 6.37. The summed E-state index contributed by atoms with van der Waals surface area (Å²) < 4.78 is 6.80. The molecule has 0 aromatic heterocycles. The van der Waals surface area contributed by atoms with Gasteiger partial charge in [-0.05, 0) is 55.4 Å². The maximum absolute atomic E-state index is 14.2. The van der Waals surface area contributed by atoms with Crippen LogP contribution in [0.15, 0.2) is 48.3 Å². The number of allylic oxidation sites excluding steroid dienone is 7. The predicted molar refractivity (Wildman–Crippen MR) is 123 cm³/mol. The van der Waals surface area contributed by atoms with Crippen LogP contribution >= 0.6 is 0 Å². The number of ether oxygens (including phenoxy) is 1. The second-order valence-electron chi connectivity index (χ2n) is 11.2. The van der Waals surface area contributed by atoms with Crippen LogP contribution in [0.25, 0.3) is 0 Å². The molecule has 33 heavy (non-hydrogen) atoms. The largest absolute Gasteiger partial charge is 0.494 e. The molecule has 2 bridgehead atoms. The standard InChI is InChI=1S/C28H33NO4/c1-3-16-7-11-18-20-12-14(2)4-10-19(20)26-23(18)22(16)25(30)24-21(27(31)29-28(24)32)13-15-5-8-17(33-26)9-6-15/h3,5,7-8,11,14,16,18-24,26H,1,4,6,9-10,12-13H2,2H3,(H,29,31,32)/t14-,16+,18+,19-,20+,21+,22+,23+,24-,26+/m1/s1. The van der Waals surface area contributed by atoms with Crippen molar-refractivity contribution in [2.24, 2.45) is 53.3 Å². The minimum absolute atomic E-state index is 0.0145. The molecule has 2 saturated carbocycles. The van der Waals surface area contributed by atoms with Gasteiger partial charge >= 0.3 is 0 Å². The van der Waals surface area contributed by atoms with Gasteiger partial charge in [-0.25, -0.2) is 0 Å². The van der Waals surface area contributed by atoms with Crippen LogP contribution in [0.3, 0.4) is 0 Å². The molecule has 2 amide bonds. The average molecular weight is 448 g/mol. The van der Waals surface area contributed by atoms with Gasteiger partial charge < -0.3 is 4.74 Å². The molecule has 4 aliphatic carbocycles. The highest BCUT2D eigenvalue weighted by Gasteiger charge is 2.60. The summed E-state index contributed by atoms with van der Waals surface area (Å²) in [5, 5.41) is 2.48. The first-order valence-corrected chi connectivity index (χ1v) is 12.7. The smallest absolute Gasteiger partial charge is 0.237 e. The van der Waals surface area contributed by atoms with Gasteiger partial charge in [0.25, 0.3) is 0 Å². The minimum atomic E-state index is -0.912. The number of amides is 2. The lowest BCUT2D eigenvalue weighted by atomic mass is 9.64. The van der Waals surface area contributed by atoms with Gasteiger partial charge in [-0.15, -0.1) is 6.58 Å². The first-order chi connectivity index (χ1) is 16.0. The number of Topliss-reactive ketones (excluding diaryl/α,β-unsaturated/α-hetero) is 1. The molecular weight excluding hydrogens is 414 g/mol. The van der Waals surface area contributed by atoms with Gasteiger partial charge in [-0.1, -0.05) is 43.2 Å². The van der Waals surface area contributed by atoms with Crippen molar-refractivity contribution in [2.45, 2.75) is 51.6 Å². The number of rotatable bonds is 1. The minimum Gasteiger partial charge on any atom is -0.494 e. The quantitative estimate of drug-likeness (QED) is 0.373. The van der Waals surface area contributed by atoms with Crippen LogP contribution in [0.2, 0.25) is 0 Å². The van der Waals surface area contributed by atoms with Gasteiger partial charge in [-0.2, -0.15) is 0 Å². The number of hydrogen-bond acceptors (Lipinski definition) is 4. The molecule has 7 rings (SSSR count). The third kappa shape index (κ3) is 3.22. The van der Waals surface area contributed by atoms with Crippen molar-refractivity contribution in [2.75, 3.05) is 0 Å². The number of fused-ring (bicyclic) bond motifs is 4. The molecule has 4 fully saturated rings. The van der Waals surface area contributed by atoms with E-state index in [4.69, 9.17) is 4.74 Å². The van der Waals surface area contributed by atoms with E-state index >= 15 is 0 Å². The molecule has 0 radical (unpaired) electrons. The Morgan fingerprint density at radius 1 is 1.06 bits per heavy atom. The fraction of sp³-hybridized carbons (Fsp3) is 0.607. The molecular formula is C28H33NO4. The summed E-state index contributed by atoms with van der Waals surface area (Å²) in [7, 11) is 0. The zero-order chi connectivity index (χ0) is 22.9. The van der Waals surface area contributed by atoms with E-state index in [1.165, 1.54) is 6.42 Å². The molecule has 2 saturated heterocycles. The highest BCUT2D eigenvalue weighted by atomic mass is 16.5. The molecule has 7 aliphatic rings. The van der Waals surface area contributed by atoms with E-state index in [1.54, 1.807) is 0 Å². The number of ketones is 1. The van der Waals surface area contributed by atoms with Gasteiger partial charge in [-0.3, -0.25) is 19.7 Å². The van der Waals surface area contributed by atoms with Crippen molar-refractivity contribution in [1.82, 2.24) is 5.32 Å². The van der Waals surface area contributed by atoms with Crippen molar-refractivity contribution in [3.8, 4) is 0 Å². The Hall–Kier alpha value is -2.43. The SMILES string of the molecule is C=C[C@H]1C=C[C@H]2[C@@H]3C[C@H](C)CC[C@H]3[C@@H]3OC4=CC=C(CC4)C[C@@H]4C(=O)NC(=O)[C@H]4C(=O)[C@@H]1[C@H]23. The molecule has 5 nitrogen and oxygen atoms in total. The third-order valence-corrected chi connectivity index (χ3v) is 9.48. The van der Waals surface area contributed by atoms with Crippen LogP contribution in [0.1, 0.15) is 45.4 Å². The Bertz CT molecular complexity index is 1010. The lowest BCUT2D eigenvalue weighted by molar-refractivity contribution is -0.140. The molecule has 10 atom stereocenters. The number of nitrogens with one attached hydrogen (secondary N) is 1. The van der Waals surface area contributed by atoms with E-state index in [1.807, 2.05) is 6.08 Å². The van der Waals surface area contributed by atoms with Crippen LogP contribution in [0.4, 0.5) is 0 Å². The summed E-state index contributed by atoms with van der Waals surface area (Å²) in [6, 6.07) is 0. The monoisotopic (exact) mass is 447 g/mol.